The monoisotopic (exact) mass is 405 g/mol. The van der Waals surface area contributed by atoms with Crippen LogP contribution in [0, 0.1) is 11.8 Å². The summed E-state index contributed by atoms with van der Waals surface area (Å²) in [5, 5.41) is 4.36. The molecule has 2 atom stereocenters. The van der Waals surface area contributed by atoms with Crippen LogP contribution in [0.1, 0.15) is 32.8 Å². The number of aromatic nitrogens is 1. The zero-order chi connectivity index (χ0) is 21.1. The van der Waals surface area contributed by atoms with Crippen molar-refractivity contribution in [2.24, 2.45) is 11.8 Å². The standard InChI is InChI=1S/C25H31N3O2/c1-4-30-23-9-10-24-19(13-23)12-20(25(29)27-24)14-26-21-5-7-22(8-6-21)28-15-17(2)11-18(3)16-28/h5-10,12-13,17-18,26H,4,11,14-16H2,1-3H3,(H,27,29). The molecule has 30 heavy (non-hydrogen) atoms. The molecule has 1 aliphatic heterocycles. The first-order valence-corrected chi connectivity index (χ1v) is 10.9. The second-order valence-corrected chi connectivity index (χ2v) is 8.56. The molecular formula is C25H31N3O2. The van der Waals surface area contributed by atoms with Crippen molar-refractivity contribution in [2.45, 2.75) is 33.7 Å². The molecule has 0 bridgehead atoms. The van der Waals surface area contributed by atoms with Crippen LogP contribution >= 0.6 is 0 Å². The Morgan fingerprint density at radius 3 is 2.50 bits per heavy atom. The summed E-state index contributed by atoms with van der Waals surface area (Å²) in [4.78, 5) is 17.9. The molecule has 2 N–H and O–H groups in total. The van der Waals surface area contributed by atoms with E-state index >= 15 is 0 Å². The Kier molecular flexibility index (Phi) is 5.98. The summed E-state index contributed by atoms with van der Waals surface area (Å²) in [5.74, 6) is 2.27. The normalized spacial score (nSPS) is 19.1. The van der Waals surface area contributed by atoms with Crippen molar-refractivity contribution in [3.63, 3.8) is 0 Å². The van der Waals surface area contributed by atoms with Gasteiger partial charge in [-0.05, 0) is 73.7 Å². The van der Waals surface area contributed by atoms with Gasteiger partial charge in [0.15, 0.2) is 0 Å². The van der Waals surface area contributed by atoms with Gasteiger partial charge in [0, 0.05) is 47.5 Å². The minimum absolute atomic E-state index is 0.0629. The van der Waals surface area contributed by atoms with E-state index < -0.39 is 0 Å². The number of fused-ring (bicyclic) bond motifs is 1. The molecule has 0 saturated carbocycles. The molecule has 0 radical (unpaired) electrons. The Labute approximate surface area is 178 Å². The largest absolute Gasteiger partial charge is 0.494 e. The number of benzene rings is 2. The fraction of sp³-hybridized carbons (Fsp3) is 0.400. The van der Waals surface area contributed by atoms with Gasteiger partial charge < -0.3 is 19.9 Å². The Morgan fingerprint density at radius 1 is 1.07 bits per heavy atom. The van der Waals surface area contributed by atoms with Crippen molar-refractivity contribution in [3.8, 4) is 5.75 Å². The predicted octanol–water partition coefficient (Wildman–Crippen LogP) is 5.02. The quantitative estimate of drug-likeness (QED) is 0.604. The number of hydrogen-bond acceptors (Lipinski definition) is 4. The summed E-state index contributed by atoms with van der Waals surface area (Å²) >= 11 is 0. The number of hydrogen-bond donors (Lipinski definition) is 2. The highest BCUT2D eigenvalue weighted by molar-refractivity contribution is 5.80. The van der Waals surface area contributed by atoms with Crippen LogP contribution < -0.4 is 20.5 Å². The average molecular weight is 406 g/mol. The van der Waals surface area contributed by atoms with Gasteiger partial charge in [-0.25, -0.2) is 0 Å². The Morgan fingerprint density at radius 2 is 1.80 bits per heavy atom. The maximum absolute atomic E-state index is 12.5. The number of nitrogens with one attached hydrogen (secondary N) is 2. The third-order valence-corrected chi connectivity index (χ3v) is 5.79. The van der Waals surface area contributed by atoms with E-state index in [4.69, 9.17) is 4.74 Å². The van der Waals surface area contributed by atoms with Crippen LogP contribution in [-0.2, 0) is 6.54 Å². The highest BCUT2D eigenvalue weighted by atomic mass is 16.5. The molecule has 5 nitrogen and oxygen atoms in total. The van der Waals surface area contributed by atoms with Gasteiger partial charge in [0.05, 0.1) is 6.61 Å². The zero-order valence-corrected chi connectivity index (χ0v) is 18.1. The number of pyridine rings is 1. The summed E-state index contributed by atoms with van der Waals surface area (Å²) in [6.07, 6.45) is 1.31. The lowest BCUT2D eigenvalue weighted by molar-refractivity contribution is 0.340. The first kappa shape index (κ1) is 20.3. The van der Waals surface area contributed by atoms with Crippen LogP contribution in [0.3, 0.4) is 0 Å². The Balaban J connectivity index is 1.45. The molecule has 0 amide bonds. The lowest BCUT2D eigenvalue weighted by atomic mass is 9.91. The van der Waals surface area contributed by atoms with E-state index in [1.165, 1.54) is 12.1 Å². The molecule has 1 fully saturated rings. The number of nitrogens with zero attached hydrogens (tertiary/aromatic N) is 1. The number of anilines is 2. The molecule has 3 aromatic rings. The fourth-order valence-corrected chi connectivity index (χ4v) is 4.48. The molecule has 5 heteroatoms. The summed E-state index contributed by atoms with van der Waals surface area (Å²) < 4.78 is 5.58. The van der Waals surface area contributed by atoms with Crippen LogP contribution in [0.5, 0.6) is 5.75 Å². The molecule has 0 spiro atoms. The summed E-state index contributed by atoms with van der Waals surface area (Å²) in [6.45, 7) is 9.95. The second kappa shape index (κ2) is 8.82. The van der Waals surface area contributed by atoms with E-state index in [0.717, 1.165) is 47.3 Å². The third-order valence-electron chi connectivity index (χ3n) is 5.79. The lowest BCUT2D eigenvalue weighted by Crippen LogP contribution is -2.38. The molecule has 0 aliphatic carbocycles. The maximum atomic E-state index is 12.5. The molecule has 1 aromatic heterocycles. The lowest BCUT2D eigenvalue weighted by Gasteiger charge is -2.36. The van der Waals surface area contributed by atoms with Crippen molar-refractivity contribution < 1.29 is 4.74 Å². The smallest absolute Gasteiger partial charge is 0.253 e. The SMILES string of the molecule is CCOc1ccc2[nH]c(=O)c(CNc3ccc(N4CC(C)CC(C)C4)cc3)cc2c1. The van der Waals surface area contributed by atoms with E-state index in [1.54, 1.807) is 0 Å². The Hall–Kier alpha value is -2.95. The van der Waals surface area contributed by atoms with Crippen molar-refractivity contribution in [2.75, 3.05) is 29.9 Å². The van der Waals surface area contributed by atoms with Crippen molar-refractivity contribution >= 4 is 22.3 Å². The molecule has 1 saturated heterocycles. The van der Waals surface area contributed by atoms with Gasteiger partial charge in [-0.15, -0.1) is 0 Å². The Bertz CT molecular complexity index is 1050. The van der Waals surface area contributed by atoms with Gasteiger partial charge in [0.25, 0.3) is 5.56 Å². The number of aromatic amines is 1. The zero-order valence-electron chi connectivity index (χ0n) is 18.1. The minimum Gasteiger partial charge on any atom is -0.494 e. The molecule has 2 unspecified atom stereocenters. The fourth-order valence-electron chi connectivity index (χ4n) is 4.48. The minimum atomic E-state index is -0.0629. The number of piperidine rings is 1. The van der Waals surface area contributed by atoms with Crippen molar-refractivity contribution in [1.82, 2.24) is 4.98 Å². The van der Waals surface area contributed by atoms with Crippen LogP contribution in [0.15, 0.2) is 53.3 Å². The average Bonchev–Trinajstić information content (AvgIpc) is 2.72. The van der Waals surface area contributed by atoms with E-state index in [1.807, 2.05) is 31.2 Å². The van der Waals surface area contributed by atoms with E-state index in [2.05, 4.69) is 53.3 Å². The van der Waals surface area contributed by atoms with E-state index in [9.17, 15) is 4.79 Å². The van der Waals surface area contributed by atoms with Crippen molar-refractivity contribution in [3.05, 3.63) is 64.4 Å². The first-order chi connectivity index (χ1) is 14.5. The van der Waals surface area contributed by atoms with Crippen LogP contribution in [0.25, 0.3) is 10.9 Å². The molecule has 158 valence electrons. The number of H-pyrrole nitrogens is 1. The summed E-state index contributed by atoms with van der Waals surface area (Å²) in [6, 6.07) is 16.2. The summed E-state index contributed by atoms with van der Waals surface area (Å²) in [7, 11) is 0. The van der Waals surface area contributed by atoms with E-state index in [-0.39, 0.29) is 5.56 Å². The van der Waals surface area contributed by atoms with Gasteiger partial charge in [-0.2, -0.15) is 0 Å². The van der Waals surface area contributed by atoms with Gasteiger partial charge in [0.1, 0.15) is 5.75 Å². The molecule has 2 heterocycles. The topological polar surface area (TPSA) is 57.4 Å². The number of rotatable bonds is 6. The van der Waals surface area contributed by atoms with Crippen LogP contribution in [-0.4, -0.2) is 24.7 Å². The highest BCUT2D eigenvalue weighted by Crippen LogP contribution is 2.27. The second-order valence-electron chi connectivity index (χ2n) is 8.56. The van der Waals surface area contributed by atoms with Gasteiger partial charge in [-0.1, -0.05) is 13.8 Å². The maximum Gasteiger partial charge on any atom is 0.253 e. The number of ether oxygens (including phenoxy) is 1. The first-order valence-electron chi connectivity index (χ1n) is 10.9. The predicted molar refractivity (Wildman–Crippen MR) is 125 cm³/mol. The molecule has 1 aliphatic rings. The van der Waals surface area contributed by atoms with Gasteiger partial charge in [-0.3, -0.25) is 4.79 Å². The van der Waals surface area contributed by atoms with E-state index in [0.29, 0.717) is 18.7 Å². The van der Waals surface area contributed by atoms with Gasteiger partial charge in [0.2, 0.25) is 0 Å². The third kappa shape index (κ3) is 4.61. The highest BCUT2D eigenvalue weighted by Gasteiger charge is 2.21. The van der Waals surface area contributed by atoms with Crippen LogP contribution in [0.2, 0.25) is 0 Å². The molecule has 2 aromatic carbocycles. The molecular weight excluding hydrogens is 374 g/mol. The van der Waals surface area contributed by atoms with Gasteiger partial charge >= 0.3 is 0 Å². The molecule has 4 rings (SSSR count). The van der Waals surface area contributed by atoms with Crippen molar-refractivity contribution in [1.29, 1.82) is 0 Å². The summed E-state index contributed by atoms with van der Waals surface area (Å²) in [5.41, 5.74) is 3.75. The van der Waals surface area contributed by atoms with Crippen LogP contribution in [0.4, 0.5) is 11.4 Å².